The number of hydrogen-bond acceptors (Lipinski definition) is 2. The van der Waals surface area contributed by atoms with Crippen molar-refractivity contribution in [1.29, 1.82) is 5.26 Å². The predicted octanol–water partition coefficient (Wildman–Crippen LogP) is 2.75. The molecule has 0 saturated heterocycles. The predicted molar refractivity (Wildman–Crippen MR) is 67.0 cm³/mol. The molecule has 0 saturated carbocycles. The normalized spacial score (nSPS) is 11.7. The molecule has 0 fully saturated rings. The number of nitriles is 1. The number of amides is 1. The molecular weight excluding hydrogens is 231 g/mol. The molecule has 1 rings (SSSR count). The number of nitrogens with one attached hydrogen (secondary N) is 1. The maximum Gasteiger partial charge on any atom is 0.220 e. The molecular formula is C14H17FN2O. The molecule has 0 aliphatic rings. The van der Waals surface area contributed by atoms with E-state index in [2.05, 4.69) is 5.32 Å². The second-order valence-corrected chi connectivity index (χ2v) is 4.41. The smallest absolute Gasteiger partial charge is 0.220 e. The summed E-state index contributed by atoms with van der Waals surface area (Å²) in [5.41, 5.74) is 0.675. The van der Waals surface area contributed by atoms with Gasteiger partial charge in [0.25, 0.3) is 0 Å². The van der Waals surface area contributed by atoms with E-state index in [1.807, 2.05) is 19.9 Å². The third-order valence-electron chi connectivity index (χ3n) is 2.89. The number of carbonyl (C=O) groups excluding carboxylic acids is 1. The second kappa shape index (κ2) is 6.75. The van der Waals surface area contributed by atoms with Crippen molar-refractivity contribution < 1.29 is 9.18 Å². The maximum absolute atomic E-state index is 13.5. The van der Waals surface area contributed by atoms with Crippen molar-refractivity contribution in [3.05, 3.63) is 35.1 Å². The van der Waals surface area contributed by atoms with E-state index in [1.165, 1.54) is 12.1 Å². The summed E-state index contributed by atoms with van der Waals surface area (Å²) < 4.78 is 13.5. The average molecular weight is 248 g/mol. The van der Waals surface area contributed by atoms with Crippen molar-refractivity contribution in [1.82, 2.24) is 5.32 Å². The van der Waals surface area contributed by atoms with Crippen LogP contribution in [0.25, 0.3) is 0 Å². The van der Waals surface area contributed by atoms with Crippen molar-refractivity contribution in [2.24, 2.45) is 5.92 Å². The van der Waals surface area contributed by atoms with Crippen LogP contribution in [0, 0.1) is 23.1 Å². The van der Waals surface area contributed by atoms with Crippen LogP contribution in [0.4, 0.5) is 4.39 Å². The van der Waals surface area contributed by atoms with Crippen LogP contribution in [0.15, 0.2) is 18.2 Å². The van der Waals surface area contributed by atoms with Gasteiger partial charge in [0.05, 0.1) is 11.6 Å². The highest BCUT2D eigenvalue weighted by atomic mass is 19.1. The summed E-state index contributed by atoms with van der Waals surface area (Å²) in [7, 11) is 0. The number of benzene rings is 1. The minimum atomic E-state index is -0.460. The minimum Gasteiger partial charge on any atom is -0.352 e. The fourth-order valence-electron chi connectivity index (χ4n) is 1.49. The van der Waals surface area contributed by atoms with Gasteiger partial charge in [-0.1, -0.05) is 26.3 Å². The molecule has 0 aliphatic heterocycles. The maximum atomic E-state index is 13.5. The van der Waals surface area contributed by atoms with E-state index in [1.54, 1.807) is 6.07 Å². The van der Waals surface area contributed by atoms with Crippen molar-refractivity contribution in [2.45, 2.75) is 33.2 Å². The lowest BCUT2D eigenvalue weighted by Gasteiger charge is -2.09. The van der Waals surface area contributed by atoms with Gasteiger partial charge in [-0.25, -0.2) is 4.39 Å². The summed E-state index contributed by atoms with van der Waals surface area (Å²) in [4.78, 5) is 11.5. The van der Waals surface area contributed by atoms with E-state index in [0.29, 0.717) is 17.9 Å². The van der Waals surface area contributed by atoms with Gasteiger partial charge in [0.1, 0.15) is 5.82 Å². The van der Waals surface area contributed by atoms with Crippen LogP contribution in [0.1, 0.15) is 37.8 Å². The van der Waals surface area contributed by atoms with Gasteiger partial charge in [-0.2, -0.15) is 5.26 Å². The molecule has 0 heterocycles. The summed E-state index contributed by atoms with van der Waals surface area (Å²) in [6, 6.07) is 6.11. The van der Waals surface area contributed by atoms with Crippen LogP contribution in [0.5, 0.6) is 0 Å². The number of hydrogen-bond donors (Lipinski definition) is 1. The summed E-state index contributed by atoms with van der Waals surface area (Å²) in [6.07, 6.45) is 1.40. The Morgan fingerprint density at radius 2 is 2.28 bits per heavy atom. The van der Waals surface area contributed by atoms with Crippen LogP contribution < -0.4 is 5.32 Å². The highest BCUT2D eigenvalue weighted by molar-refractivity contribution is 5.76. The zero-order valence-corrected chi connectivity index (χ0v) is 10.7. The summed E-state index contributed by atoms with van der Waals surface area (Å²) in [5, 5.41) is 11.3. The van der Waals surface area contributed by atoms with Crippen LogP contribution in [0.2, 0.25) is 0 Å². The average Bonchev–Trinajstić information content (AvgIpc) is 2.36. The Morgan fingerprint density at radius 1 is 1.56 bits per heavy atom. The Hall–Kier alpha value is -1.89. The molecule has 0 aliphatic carbocycles. The first-order valence-electron chi connectivity index (χ1n) is 6.02. The van der Waals surface area contributed by atoms with E-state index in [-0.39, 0.29) is 18.0 Å². The van der Waals surface area contributed by atoms with Gasteiger partial charge in [-0.15, -0.1) is 0 Å². The van der Waals surface area contributed by atoms with Crippen LogP contribution >= 0.6 is 0 Å². The molecule has 96 valence electrons. The van der Waals surface area contributed by atoms with E-state index >= 15 is 0 Å². The summed E-state index contributed by atoms with van der Waals surface area (Å²) in [6.45, 7) is 4.19. The first-order valence-corrected chi connectivity index (χ1v) is 6.02. The van der Waals surface area contributed by atoms with Gasteiger partial charge in [0.15, 0.2) is 0 Å². The molecule has 1 N–H and O–H groups in total. The fraction of sp³-hybridized carbons (Fsp3) is 0.429. The first-order chi connectivity index (χ1) is 8.56. The zero-order chi connectivity index (χ0) is 13.5. The lowest BCUT2D eigenvalue weighted by atomic mass is 10.0. The number of rotatable bonds is 5. The Labute approximate surface area is 107 Å². The second-order valence-electron chi connectivity index (χ2n) is 4.41. The van der Waals surface area contributed by atoms with Crippen molar-refractivity contribution in [3.8, 4) is 6.07 Å². The van der Waals surface area contributed by atoms with Crippen LogP contribution in [-0.2, 0) is 11.3 Å². The van der Waals surface area contributed by atoms with Crippen LogP contribution in [0.3, 0.4) is 0 Å². The molecule has 0 aromatic heterocycles. The zero-order valence-electron chi connectivity index (χ0n) is 10.7. The summed E-state index contributed by atoms with van der Waals surface area (Å²) >= 11 is 0. The van der Waals surface area contributed by atoms with Gasteiger partial charge >= 0.3 is 0 Å². The Morgan fingerprint density at radius 3 is 2.83 bits per heavy atom. The van der Waals surface area contributed by atoms with E-state index in [4.69, 9.17) is 5.26 Å². The number of nitrogens with zero attached hydrogens (tertiary/aromatic N) is 1. The molecule has 0 radical (unpaired) electrons. The van der Waals surface area contributed by atoms with Crippen molar-refractivity contribution in [2.75, 3.05) is 0 Å². The monoisotopic (exact) mass is 248 g/mol. The molecule has 0 bridgehead atoms. The number of halogens is 1. The molecule has 3 nitrogen and oxygen atoms in total. The standard InChI is InChI=1S/C14H17FN2O/c1-3-10(2)6-14(18)17-9-12-5-4-11(8-16)7-13(12)15/h4-5,7,10H,3,6,9H2,1-2H3,(H,17,18). The van der Waals surface area contributed by atoms with Crippen molar-refractivity contribution in [3.63, 3.8) is 0 Å². The highest BCUT2D eigenvalue weighted by Gasteiger charge is 2.08. The Bertz CT molecular complexity index is 465. The quantitative estimate of drug-likeness (QED) is 0.871. The van der Waals surface area contributed by atoms with Gasteiger partial charge < -0.3 is 5.32 Å². The largest absolute Gasteiger partial charge is 0.352 e. The Balaban J connectivity index is 2.54. The van der Waals surface area contributed by atoms with E-state index < -0.39 is 5.82 Å². The van der Waals surface area contributed by atoms with Crippen LogP contribution in [-0.4, -0.2) is 5.91 Å². The highest BCUT2D eigenvalue weighted by Crippen LogP contribution is 2.10. The molecule has 18 heavy (non-hydrogen) atoms. The molecule has 1 aromatic carbocycles. The first kappa shape index (κ1) is 14.2. The lowest BCUT2D eigenvalue weighted by Crippen LogP contribution is -2.24. The Kier molecular flexibility index (Phi) is 5.31. The topological polar surface area (TPSA) is 52.9 Å². The molecule has 1 amide bonds. The van der Waals surface area contributed by atoms with Gasteiger partial charge in [0.2, 0.25) is 5.91 Å². The third kappa shape index (κ3) is 4.17. The fourth-order valence-corrected chi connectivity index (χ4v) is 1.49. The van der Waals surface area contributed by atoms with Gasteiger partial charge in [-0.05, 0) is 18.1 Å². The van der Waals surface area contributed by atoms with Crippen molar-refractivity contribution >= 4 is 5.91 Å². The lowest BCUT2D eigenvalue weighted by molar-refractivity contribution is -0.122. The molecule has 1 atom stereocenters. The third-order valence-corrected chi connectivity index (χ3v) is 2.89. The van der Waals surface area contributed by atoms with Gasteiger partial charge in [0, 0.05) is 18.5 Å². The minimum absolute atomic E-state index is 0.0758. The van der Waals surface area contributed by atoms with Gasteiger partial charge in [-0.3, -0.25) is 4.79 Å². The number of carbonyl (C=O) groups is 1. The SMILES string of the molecule is CCC(C)CC(=O)NCc1ccc(C#N)cc1F. The molecule has 1 unspecified atom stereocenters. The van der Waals surface area contributed by atoms with E-state index in [0.717, 1.165) is 6.42 Å². The van der Waals surface area contributed by atoms with E-state index in [9.17, 15) is 9.18 Å². The molecule has 4 heteroatoms. The molecule has 0 spiro atoms. The summed E-state index contributed by atoms with van der Waals surface area (Å²) in [5.74, 6) is -0.207. The molecule has 1 aromatic rings.